The molecular formula is C16H14N2O2. The van der Waals surface area contributed by atoms with Crippen molar-refractivity contribution in [3.8, 4) is 12.1 Å². The van der Waals surface area contributed by atoms with E-state index < -0.39 is 11.2 Å². The van der Waals surface area contributed by atoms with E-state index >= 15 is 0 Å². The summed E-state index contributed by atoms with van der Waals surface area (Å²) in [5, 5.41) is 19.4. The summed E-state index contributed by atoms with van der Waals surface area (Å²) in [4.78, 5) is 0. The number of allylic oxidation sites excluding steroid dienone is 1. The molecule has 1 aliphatic heterocycles. The summed E-state index contributed by atoms with van der Waals surface area (Å²) in [7, 11) is 0. The number of ether oxygens (including phenoxy) is 2. The van der Waals surface area contributed by atoms with E-state index in [0.717, 1.165) is 12.0 Å². The van der Waals surface area contributed by atoms with Crippen molar-refractivity contribution in [3.05, 3.63) is 48.0 Å². The van der Waals surface area contributed by atoms with Crippen molar-refractivity contribution in [2.75, 3.05) is 13.2 Å². The molecule has 0 N–H and O–H groups in total. The molecule has 1 aromatic carbocycles. The van der Waals surface area contributed by atoms with Crippen LogP contribution in [0.3, 0.4) is 0 Å². The summed E-state index contributed by atoms with van der Waals surface area (Å²) in [6.45, 7) is 0.994. The predicted molar refractivity (Wildman–Crippen MR) is 71.2 cm³/mol. The molecule has 0 bridgehead atoms. The highest BCUT2D eigenvalue weighted by atomic mass is 16.7. The third kappa shape index (κ3) is 1.59. The van der Waals surface area contributed by atoms with E-state index in [1.54, 1.807) is 6.08 Å². The van der Waals surface area contributed by atoms with Gasteiger partial charge in [-0.25, -0.2) is 0 Å². The summed E-state index contributed by atoms with van der Waals surface area (Å²) in [6, 6.07) is 13.9. The molecule has 0 amide bonds. The Morgan fingerprint density at radius 1 is 1.05 bits per heavy atom. The lowest BCUT2D eigenvalue weighted by atomic mass is 9.72. The first-order chi connectivity index (χ1) is 9.78. The normalized spacial score (nSPS) is 26.0. The van der Waals surface area contributed by atoms with Gasteiger partial charge in [-0.2, -0.15) is 10.5 Å². The van der Waals surface area contributed by atoms with Gasteiger partial charge in [0, 0.05) is 5.92 Å². The highest BCUT2D eigenvalue weighted by Gasteiger charge is 2.62. The molecule has 100 valence electrons. The fraction of sp³-hybridized carbons (Fsp3) is 0.375. The molecular weight excluding hydrogens is 252 g/mol. The monoisotopic (exact) mass is 266 g/mol. The van der Waals surface area contributed by atoms with Gasteiger partial charge in [-0.05, 0) is 18.1 Å². The topological polar surface area (TPSA) is 66.0 Å². The van der Waals surface area contributed by atoms with Crippen LogP contribution in [0.1, 0.15) is 17.9 Å². The van der Waals surface area contributed by atoms with E-state index in [1.165, 1.54) is 0 Å². The molecule has 1 aromatic rings. The number of nitriles is 2. The van der Waals surface area contributed by atoms with E-state index in [1.807, 2.05) is 36.4 Å². The van der Waals surface area contributed by atoms with Crippen molar-refractivity contribution in [1.29, 1.82) is 10.5 Å². The zero-order chi connectivity index (χ0) is 14.1. The van der Waals surface area contributed by atoms with Crippen LogP contribution in [0.2, 0.25) is 0 Å². The molecule has 1 atom stereocenters. The Balaban J connectivity index is 2.09. The molecule has 2 aliphatic rings. The van der Waals surface area contributed by atoms with Crippen LogP contribution in [-0.4, -0.2) is 19.0 Å². The van der Waals surface area contributed by atoms with Crippen molar-refractivity contribution < 1.29 is 9.47 Å². The molecule has 1 spiro atoms. The van der Waals surface area contributed by atoms with Crippen LogP contribution in [0.25, 0.3) is 0 Å². The molecule has 4 heteroatoms. The molecule has 1 aliphatic carbocycles. The molecule has 0 saturated carbocycles. The predicted octanol–water partition coefficient (Wildman–Crippen LogP) is 2.51. The van der Waals surface area contributed by atoms with Gasteiger partial charge in [0.1, 0.15) is 0 Å². The Labute approximate surface area is 117 Å². The van der Waals surface area contributed by atoms with Gasteiger partial charge >= 0.3 is 0 Å². The minimum Gasteiger partial charge on any atom is -0.344 e. The first-order valence-electron chi connectivity index (χ1n) is 6.63. The van der Waals surface area contributed by atoms with Crippen molar-refractivity contribution in [1.82, 2.24) is 0 Å². The molecule has 0 radical (unpaired) electrons. The van der Waals surface area contributed by atoms with Crippen LogP contribution in [0, 0.1) is 28.1 Å². The van der Waals surface area contributed by atoms with Crippen LogP contribution in [0.4, 0.5) is 0 Å². The maximum absolute atomic E-state index is 9.69. The standard InChI is InChI=1S/C16H14N2O2/c17-11-15(12-18)14(13-5-2-1-3-6-13)7-8-16(15)19-9-4-10-20-16/h1-3,5-8,14H,4,9-10H2/t14-/m0/s1. The Hall–Kier alpha value is -2.14. The average molecular weight is 266 g/mol. The first-order valence-corrected chi connectivity index (χ1v) is 6.63. The summed E-state index contributed by atoms with van der Waals surface area (Å²) >= 11 is 0. The molecule has 1 fully saturated rings. The molecule has 0 aromatic heterocycles. The van der Waals surface area contributed by atoms with E-state index in [4.69, 9.17) is 9.47 Å². The lowest BCUT2D eigenvalue weighted by Gasteiger charge is -2.41. The molecule has 1 saturated heterocycles. The molecule has 20 heavy (non-hydrogen) atoms. The largest absolute Gasteiger partial charge is 0.344 e. The minimum absolute atomic E-state index is 0.350. The number of hydrogen-bond acceptors (Lipinski definition) is 4. The molecule has 1 heterocycles. The first kappa shape index (κ1) is 12.9. The van der Waals surface area contributed by atoms with Crippen molar-refractivity contribution in [2.45, 2.75) is 18.1 Å². The summed E-state index contributed by atoms with van der Waals surface area (Å²) in [5.74, 6) is -1.59. The van der Waals surface area contributed by atoms with Crippen molar-refractivity contribution in [3.63, 3.8) is 0 Å². The number of nitrogens with zero attached hydrogens (tertiary/aromatic N) is 2. The van der Waals surface area contributed by atoms with Crippen LogP contribution in [-0.2, 0) is 9.47 Å². The van der Waals surface area contributed by atoms with Crippen LogP contribution in [0.15, 0.2) is 42.5 Å². The Bertz CT molecular complexity index is 590. The summed E-state index contributed by atoms with van der Waals surface area (Å²) in [6.07, 6.45) is 4.36. The fourth-order valence-electron chi connectivity index (χ4n) is 2.93. The molecule has 0 unspecified atom stereocenters. The third-order valence-corrected chi connectivity index (χ3v) is 3.96. The highest BCUT2D eigenvalue weighted by molar-refractivity contribution is 5.44. The van der Waals surface area contributed by atoms with Gasteiger partial charge in [0.25, 0.3) is 0 Å². The number of benzene rings is 1. The fourth-order valence-corrected chi connectivity index (χ4v) is 2.93. The zero-order valence-electron chi connectivity index (χ0n) is 11.0. The van der Waals surface area contributed by atoms with E-state index in [0.29, 0.717) is 13.2 Å². The van der Waals surface area contributed by atoms with E-state index in [2.05, 4.69) is 12.1 Å². The molecule has 3 rings (SSSR count). The number of hydrogen-bond donors (Lipinski definition) is 0. The maximum Gasteiger partial charge on any atom is 0.221 e. The van der Waals surface area contributed by atoms with Crippen LogP contribution < -0.4 is 0 Å². The van der Waals surface area contributed by atoms with Gasteiger partial charge < -0.3 is 9.47 Å². The van der Waals surface area contributed by atoms with Crippen LogP contribution >= 0.6 is 0 Å². The quantitative estimate of drug-likeness (QED) is 0.732. The van der Waals surface area contributed by atoms with Crippen molar-refractivity contribution >= 4 is 0 Å². The van der Waals surface area contributed by atoms with Gasteiger partial charge in [-0.3, -0.25) is 0 Å². The lowest BCUT2D eigenvalue weighted by molar-refractivity contribution is -0.266. The SMILES string of the molecule is N#CC1(C#N)[C@H](c2ccccc2)C=CC12OCCCO2. The van der Waals surface area contributed by atoms with Crippen LogP contribution in [0.5, 0.6) is 0 Å². The average Bonchev–Trinajstić information content (AvgIpc) is 2.83. The van der Waals surface area contributed by atoms with Gasteiger partial charge in [0.2, 0.25) is 11.2 Å². The van der Waals surface area contributed by atoms with Crippen molar-refractivity contribution in [2.24, 2.45) is 5.41 Å². The van der Waals surface area contributed by atoms with Gasteiger partial charge in [-0.1, -0.05) is 36.4 Å². The number of rotatable bonds is 1. The van der Waals surface area contributed by atoms with E-state index in [9.17, 15) is 10.5 Å². The highest BCUT2D eigenvalue weighted by Crippen LogP contribution is 2.53. The van der Waals surface area contributed by atoms with Gasteiger partial charge in [-0.15, -0.1) is 0 Å². The summed E-state index contributed by atoms with van der Waals surface area (Å²) in [5.41, 5.74) is -0.462. The Morgan fingerprint density at radius 2 is 1.70 bits per heavy atom. The lowest BCUT2D eigenvalue weighted by Crippen LogP contribution is -2.51. The molecule has 4 nitrogen and oxygen atoms in total. The summed E-state index contributed by atoms with van der Waals surface area (Å²) < 4.78 is 11.4. The van der Waals surface area contributed by atoms with Gasteiger partial charge in [0.15, 0.2) is 0 Å². The zero-order valence-corrected chi connectivity index (χ0v) is 11.0. The Morgan fingerprint density at radius 3 is 2.30 bits per heavy atom. The van der Waals surface area contributed by atoms with Gasteiger partial charge in [0.05, 0.1) is 25.4 Å². The van der Waals surface area contributed by atoms with E-state index in [-0.39, 0.29) is 5.92 Å². The maximum atomic E-state index is 9.69. The minimum atomic E-state index is -1.38. The second-order valence-electron chi connectivity index (χ2n) is 5.00. The Kier molecular flexibility index (Phi) is 3.06. The second kappa shape index (κ2) is 4.76. The second-order valence-corrected chi connectivity index (χ2v) is 5.00. The third-order valence-electron chi connectivity index (χ3n) is 3.96. The smallest absolute Gasteiger partial charge is 0.221 e.